The lowest BCUT2D eigenvalue weighted by Crippen LogP contribution is -2.14. The second-order valence-corrected chi connectivity index (χ2v) is 5.26. The Balaban J connectivity index is 2.47. The summed E-state index contributed by atoms with van der Waals surface area (Å²) in [6, 6.07) is 6.11. The third-order valence-electron chi connectivity index (χ3n) is 2.16. The average molecular weight is 291 g/mol. The second-order valence-electron chi connectivity index (χ2n) is 3.38. The first kappa shape index (κ1) is 13.0. The van der Waals surface area contributed by atoms with E-state index in [2.05, 4.69) is 28.9 Å². The highest BCUT2D eigenvalue weighted by molar-refractivity contribution is 9.10. The van der Waals surface area contributed by atoms with Crippen LogP contribution in [-0.2, 0) is 5.75 Å². The van der Waals surface area contributed by atoms with E-state index in [4.69, 9.17) is 5.11 Å². The Labute approximate surface area is 103 Å². The van der Waals surface area contributed by atoms with Crippen molar-refractivity contribution >= 4 is 27.7 Å². The molecule has 2 N–H and O–H groups in total. The molecule has 0 heterocycles. The van der Waals surface area contributed by atoms with E-state index in [0.717, 1.165) is 10.2 Å². The molecule has 0 aromatic heterocycles. The molecule has 0 radical (unpaired) electrons. The van der Waals surface area contributed by atoms with Crippen LogP contribution in [0.5, 0.6) is 0 Å². The van der Waals surface area contributed by atoms with Gasteiger partial charge >= 0.3 is 0 Å². The van der Waals surface area contributed by atoms with Crippen LogP contribution < -0.4 is 0 Å². The van der Waals surface area contributed by atoms with Crippen molar-refractivity contribution in [3.05, 3.63) is 33.8 Å². The molecule has 0 bridgehead atoms. The first-order chi connectivity index (χ1) is 7.15. The van der Waals surface area contributed by atoms with Crippen LogP contribution in [0.2, 0.25) is 0 Å². The third-order valence-corrected chi connectivity index (χ3v) is 4.15. The Bertz CT molecular complexity index is 317. The zero-order chi connectivity index (χ0) is 11.3. The normalized spacial score (nSPS) is 12.8. The molecular weight excluding hydrogens is 276 g/mol. The minimum Gasteiger partial charge on any atom is -0.394 e. The molecule has 0 saturated heterocycles. The molecule has 0 aliphatic carbocycles. The van der Waals surface area contributed by atoms with E-state index < -0.39 is 6.10 Å². The van der Waals surface area contributed by atoms with Crippen LogP contribution in [0.1, 0.15) is 11.1 Å². The predicted molar refractivity (Wildman–Crippen MR) is 68.1 cm³/mol. The van der Waals surface area contributed by atoms with Crippen molar-refractivity contribution < 1.29 is 10.2 Å². The zero-order valence-corrected chi connectivity index (χ0v) is 11.0. The predicted octanol–water partition coefficient (Wildman–Crippen LogP) is 2.34. The molecule has 1 atom stereocenters. The minimum absolute atomic E-state index is 0.162. The molecule has 15 heavy (non-hydrogen) atoms. The molecule has 0 aliphatic heterocycles. The number of benzene rings is 1. The molecule has 0 spiro atoms. The van der Waals surface area contributed by atoms with Gasteiger partial charge in [0.2, 0.25) is 0 Å². The molecule has 1 unspecified atom stereocenters. The van der Waals surface area contributed by atoms with Gasteiger partial charge in [-0.2, -0.15) is 11.8 Å². The first-order valence-electron chi connectivity index (χ1n) is 4.75. The highest BCUT2D eigenvalue weighted by Crippen LogP contribution is 2.23. The summed E-state index contributed by atoms with van der Waals surface area (Å²) in [5.74, 6) is 1.44. The molecule has 0 amide bonds. The van der Waals surface area contributed by atoms with Crippen LogP contribution in [0, 0.1) is 6.92 Å². The van der Waals surface area contributed by atoms with Gasteiger partial charge in [-0.1, -0.05) is 28.1 Å². The van der Waals surface area contributed by atoms with Crippen LogP contribution in [0.25, 0.3) is 0 Å². The van der Waals surface area contributed by atoms with Gasteiger partial charge in [-0.15, -0.1) is 0 Å². The van der Waals surface area contributed by atoms with Crippen LogP contribution in [0.3, 0.4) is 0 Å². The lowest BCUT2D eigenvalue weighted by atomic mass is 10.1. The highest BCUT2D eigenvalue weighted by Gasteiger charge is 2.04. The van der Waals surface area contributed by atoms with E-state index in [1.54, 1.807) is 11.8 Å². The van der Waals surface area contributed by atoms with E-state index in [0.29, 0.717) is 5.75 Å². The molecule has 1 rings (SSSR count). The quantitative estimate of drug-likeness (QED) is 0.875. The number of hydrogen-bond acceptors (Lipinski definition) is 3. The number of hydrogen-bond donors (Lipinski definition) is 2. The van der Waals surface area contributed by atoms with Gasteiger partial charge in [-0.3, -0.25) is 0 Å². The maximum atomic E-state index is 9.18. The van der Waals surface area contributed by atoms with Gasteiger partial charge in [0.1, 0.15) is 0 Å². The Hall–Kier alpha value is -0.0300. The molecule has 1 aromatic rings. The Morgan fingerprint density at radius 3 is 2.87 bits per heavy atom. The van der Waals surface area contributed by atoms with E-state index in [1.165, 1.54) is 11.1 Å². The van der Waals surface area contributed by atoms with E-state index in [9.17, 15) is 5.11 Å². The van der Waals surface area contributed by atoms with Crippen LogP contribution >= 0.6 is 27.7 Å². The van der Waals surface area contributed by atoms with E-state index in [1.807, 2.05) is 12.1 Å². The van der Waals surface area contributed by atoms with Gasteiger partial charge in [-0.05, 0) is 24.1 Å². The van der Waals surface area contributed by atoms with Crippen molar-refractivity contribution in [1.82, 2.24) is 0 Å². The maximum absolute atomic E-state index is 9.18. The maximum Gasteiger partial charge on any atom is 0.0861 e. The van der Waals surface area contributed by atoms with Crippen molar-refractivity contribution in [2.45, 2.75) is 18.8 Å². The van der Waals surface area contributed by atoms with Crippen LogP contribution in [0.15, 0.2) is 22.7 Å². The van der Waals surface area contributed by atoms with Crippen molar-refractivity contribution in [2.75, 3.05) is 12.4 Å². The molecular formula is C11H15BrO2S. The standard InChI is InChI=1S/C11H15BrO2S/c1-8-9(3-2-4-11(8)12)6-15-7-10(14)5-13/h2-4,10,13-14H,5-7H2,1H3. The highest BCUT2D eigenvalue weighted by atomic mass is 79.9. The fraction of sp³-hybridized carbons (Fsp3) is 0.455. The van der Waals surface area contributed by atoms with Crippen molar-refractivity contribution in [3.63, 3.8) is 0 Å². The number of aliphatic hydroxyl groups is 2. The molecule has 4 heteroatoms. The van der Waals surface area contributed by atoms with E-state index >= 15 is 0 Å². The monoisotopic (exact) mass is 290 g/mol. The summed E-state index contributed by atoms with van der Waals surface area (Å²) in [4.78, 5) is 0. The second kappa shape index (κ2) is 6.53. The van der Waals surface area contributed by atoms with Crippen molar-refractivity contribution in [1.29, 1.82) is 0 Å². The third kappa shape index (κ3) is 4.15. The van der Waals surface area contributed by atoms with E-state index in [-0.39, 0.29) is 6.61 Å². The molecule has 2 nitrogen and oxygen atoms in total. The summed E-state index contributed by atoms with van der Waals surface area (Å²) < 4.78 is 1.11. The van der Waals surface area contributed by atoms with Gasteiger partial charge in [0, 0.05) is 16.0 Å². The number of aliphatic hydroxyl groups excluding tert-OH is 2. The SMILES string of the molecule is Cc1c(Br)cccc1CSCC(O)CO. The molecule has 0 aliphatic rings. The van der Waals surface area contributed by atoms with Crippen LogP contribution in [-0.4, -0.2) is 28.7 Å². The summed E-state index contributed by atoms with van der Waals surface area (Å²) in [6.45, 7) is 1.91. The fourth-order valence-corrected chi connectivity index (χ4v) is 2.60. The van der Waals surface area contributed by atoms with Gasteiger partial charge in [-0.25, -0.2) is 0 Å². The molecule has 0 fully saturated rings. The van der Waals surface area contributed by atoms with Crippen molar-refractivity contribution in [3.8, 4) is 0 Å². The summed E-state index contributed by atoms with van der Waals surface area (Å²) >= 11 is 5.11. The van der Waals surface area contributed by atoms with Crippen LogP contribution in [0.4, 0.5) is 0 Å². The largest absolute Gasteiger partial charge is 0.394 e. The fourth-order valence-electron chi connectivity index (χ4n) is 1.17. The average Bonchev–Trinajstić information content (AvgIpc) is 2.24. The molecule has 84 valence electrons. The summed E-state index contributed by atoms with van der Waals surface area (Å²) in [7, 11) is 0. The molecule has 1 aromatic carbocycles. The van der Waals surface area contributed by atoms with Gasteiger partial charge < -0.3 is 10.2 Å². The Kier molecular flexibility index (Phi) is 5.68. The summed E-state index contributed by atoms with van der Waals surface area (Å²) in [6.07, 6.45) is -0.609. The summed E-state index contributed by atoms with van der Waals surface area (Å²) in [5.41, 5.74) is 2.50. The topological polar surface area (TPSA) is 40.5 Å². The minimum atomic E-state index is -0.609. The Morgan fingerprint density at radius 2 is 2.20 bits per heavy atom. The number of rotatable bonds is 5. The van der Waals surface area contributed by atoms with Gasteiger partial charge in [0.25, 0.3) is 0 Å². The lowest BCUT2D eigenvalue weighted by Gasteiger charge is -2.09. The first-order valence-corrected chi connectivity index (χ1v) is 6.70. The Morgan fingerprint density at radius 1 is 1.47 bits per heavy atom. The van der Waals surface area contributed by atoms with Crippen molar-refractivity contribution in [2.24, 2.45) is 0 Å². The molecule has 0 saturated carbocycles. The smallest absolute Gasteiger partial charge is 0.0861 e. The van der Waals surface area contributed by atoms with Gasteiger partial charge in [0.05, 0.1) is 12.7 Å². The number of thioether (sulfide) groups is 1. The summed E-state index contributed by atoms with van der Waals surface area (Å²) in [5, 5.41) is 17.8. The zero-order valence-electron chi connectivity index (χ0n) is 8.61. The van der Waals surface area contributed by atoms with Gasteiger partial charge in [0.15, 0.2) is 0 Å². The number of halogens is 1. The lowest BCUT2D eigenvalue weighted by molar-refractivity contribution is 0.113.